The molecule has 0 aliphatic heterocycles. The van der Waals surface area contributed by atoms with E-state index in [1.165, 1.54) is 0 Å². The van der Waals surface area contributed by atoms with Crippen molar-refractivity contribution >= 4 is 5.95 Å². The fourth-order valence-electron chi connectivity index (χ4n) is 1.32. The molecule has 0 aliphatic rings. The third-order valence-electron chi connectivity index (χ3n) is 2.03. The van der Waals surface area contributed by atoms with Crippen molar-refractivity contribution in [2.24, 2.45) is 0 Å². The van der Waals surface area contributed by atoms with Crippen molar-refractivity contribution in [2.45, 2.75) is 13.8 Å². The van der Waals surface area contributed by atoms with Crippen molar-refractivity contribution in [1.29, 1.82) is 0 Å². The Kier molecular flexibility index (Phi) is 2.62. The van der Waals surface area contributed by atoms with Crippen molar-refractivity contribution in [1.82, 2.24) is 19.5 Å². The molecule has 0 atom stereocenters. The molecule has 0 bridgehead atoms. The van der Waals surface area contributed by atoms with Crippen LogP contribution in [0, 0.1) is 6.92 Å². The summed E-state index contributed by atoms with van der Waals surface area (Å²) >= 11 is 0. The van der Waals surface area contributed by atoms with E-state index in [0.717, 1.165) is 17.9 Å². The Morgan fingerprint density at radius 2 is 2.33 bits per heavy atom. The summed E-state index contributed by atoms with van der Waals surface area (Å²) in [7, 11) is 0. The highest BCUT2D eigenvalue weighted by Gasteiger charge is 2.04. The first-order chi connectivity index (χ1) is 7.31. The normalized spacial score (nSPS) is 10.3. The minimum absolute atomic E-state index is 0.645. The molecule has 0 saturated heterocycles. The standard InChI is InChI=1S/C10H13N5/c1-3-12-10-13-6-8(2)9(14-10)15-5-4-11-7-15/h4-7H,3H2,1-2H3,(H,12,13,14). The predicted octanol–water partition coefficient (Wildman–Crippen LogP) is 1.40. The van der Waals surface area contributed by atoms with Crippen molar-refractivity contribution in [2.75, 3.05) is 11.9 Å². The quantitative estimate of drug-likeness (QED) is 0.819. The van der Waals surface area contributed by atoms with Gasteiger partial charge in [-0.15, -0.1) is 0 Å². The summed E-state index contributed by atoms with van der Waals surface area (Å²) in [5.74, 6) is 1.50. The zero-order valence-corrected chi connectivity index (χ0v) is 8.81. The van der Waals surface area contributed by atoms with E-state index in [4.69, 9.17) is 0 Å². The summed E-state index contributed by atoms with van der Waals surface area (Å²) < 4.78 is 1.87. The van der Waals surface area contributed by atoms with Crippen LogP contribution < -0.4 is 5.32 Å². The van der Waals surface area contributed by atoms with Crippen LogP contribution in [0.2, 0.25) is 0 Å². The second kappa shape index (κ2) is 4.08. The van der Waals surface area contributed by atoms with Crippen molar-refractivity contribution in [3.8, 4) is 5.82 Å². The highest BCUT2D eigenvalue weighted by molar-refractivity contribution is 5.37. The molecular weight excluding hydrogens is 190 g/mol. The Labute approximate surface area is 88.2 Å². The summed E-state index contributed by atoms with van der Waals surface area (Å²) in [5.41, 5.74) is 1.02. The average molecular weight is 203 g/mol. The van der Waals surface area contributed by atoms with Gasteiger partial charge in [-0.3, -0.25) is 4.57 Å². The fraction of sp³-hybridized carbons (Fsp3) is 0.300. The van der Waals surface area contributed by atoms with E-state index in [1.807, 2.05) is 24.6 Å². The lowest BCUT2D eigenvalue weighted by molar-refractivity contribution is 0.944. The third-order valence-corrected chi connectivity index (χ3v) is 2.03. The fourth-order valence-corrected chi connectivity index (χ4v) is 1.32. The number of rotatable bonds is 3. The smallest absolute Gasteiger partial charge is 0.224 e. The molecule has 2 aromatic rings. The Balaban J connectivity index is 2.41. The Morgan fingerprint density at radius 1 is 1.47 bits per heavy atom. The van der Waals surface area contributed by atoms with Crippen LogP contribution in [0.4, 0.5) is 5.95 Å². The minimum atomic E-state index is 0.645. The monoisotopic (exact) mass is 203 g/mol. The largest absolute Gasteiger partial charge is 0.354 e. The van der Waals surface area contributed by atoms with Crippen molar-refractivity contribution in [3.05, 3.63) is 30.5 Å². The molecule has 1 N–H and O–H groups in total. The van der Waals surface area contributed by atoms with E-state index in [1.54, 1.807) is 18.7 Å². The van der Waals surface area contributed by atoms with Crippen LogP contribution in [0.25, 0.3) is 5.82 Å². The number of imidazole rings is 1. The second-order valence-electron chi connectivity index (χ2n) is 3.20. The molecule has 0 aliphatic carbocycles. The summed E-state index contributed by atoms with van der Waals surface area (Å²) in [6.45, 7) is 4.80. The van der Waals surface area contributed by atoms with E-state index < -0.39 is 0 Å². The summed E-state index contributed by atoms with van der Waals surface area (Å²) in [5, 5.41) is 3.08. The van der Waals surface area contributed by atoms with Crippen LogP contribution in [0.3, 0.4) is 0 Å². The van der Waals surface area contributed by atoms with Gasteiger partial charge in [0.15, 0.2) is 0 Å². The molecule has 0 spiro atoms. The summed E-state index contributed by atoms with van der Waals surface area (Å²) in [6.07, 6.45) is 7.13. The van der Waals surface area contributed by atoms with E-state index in [0.29, 0.717) is 5.95 Å². The maximum atomic E-state index is 4.41. The van der Waals surface area contributed by atoms with Crippen molar-refractivity contribution < 1.29 is 0 Å². The molecular formula is C10H13N5. The minimum Gasteiger partial charge on any atom is -0.354 e. The molecule has 2 aromatic heterocycles. The molecule has 0 saturated carbocycles. The number of hydrogen-bond donors (Lipinski definition) is 1. The molecule has 2 rings (SSSR count). The first kappa shape index (κ1) is 9.64. The van der Waals surface area contributed by atoms with Crippen LogP contribution in [-0.2, 0) is 0 Å². The Hall–Kier alpha value is -1.91. The number of nitrogens with one attached hydrogen (secondary N) is 1. The molecule has 0 amide bonds. The van der Waals surface area contributed by atoms with Gasteiger partial charge in [0.1, 0.15) is 12.1 Å². The van der Waals surface area contributed by atoms with Crippen LogP contribution in [0.1, 0.15) is 12.5 Å². The van der Waals surface area contributed by atoms with Gasteiger partial charge in [-0.2, -0.15) is 4.98 Å². The molecule has 0 aromatic carbocycles. The first-order valence-corrected chi connectivity index (χ1v) is 4.87. The number of anilines is 1. The topological polar surface area (TPSA) is 55.6 Å². The zero-order valence-electron chi connectivity index (χ0n) is 8.81. The molecule has 0 radical (unpaired) electrons. The molecule has 78 valence electrons. The number of hydrogen-bond acceptors (Lipinski definition) is 4. The van der Waals surface area contributed by atoms with Gasteiger partial charge in [0.25, 0.3) is 0 Å². The van der Waals surface area contributed by atoms with E-state index in [2.05, 4.69) is 20.3 Å². The van der Waals surface area contributed by atoms with Gasteiger partial charge in [-0.05, 0) is 13.8 Å². The maximum absolute atomic E-state index is 4.41. The number of aryl methyl sites for hydroxylation is 1. The van der Waals surface area contributed by atoms with Gasteiger partial charge < -0.3 is 5.32 Å². The average Bonchev–Trinajstić information content (AvgIpc) is 2.74. The molecule has 2 heterocycles. The zero-order chi connectivity index (χ0) is 10.7. The molecule has 5 nitrogen and oxygen atoms in total. The SMILES string of the molecule is CCNc1ncc(C)c(-n2ccnc2)n1. The van der Waals surface area contributed by atoms with Crippen LogP contribution >= 0.6 is 0 Å². The van der Waals surface area contributed by atoms with E-state index >= 15 is 0 Å². The molecule has 0 fully saturated rings. The van der Waals surface area contributed by atoms with Crippen molar-refractivity contribution in [3.63, 3.8) is 0 Å². The molecule has 15 heavy (non-hydrogen) atoms. The van der Waals surface area contributed by atoms with Crippen LogP contribution in [-0.4, -0.2) is 26.1 Å². The van der Waals surface area contributed by atoms with Gasteiger partial charge in [0, 0.05) is 30.7 Å². The first-order valence-electron chi connectivity index (χ1n) is 4.87. The Morgan fingerprint density at radius 3 is 3.00 bits per heavy atom. The van der Waals surface area contributed by atoms with Crippen LogP contribution in [0.5, 0.6) is 0 Å². The van der Waals surface area contributed by atoms with E-state index in [9.17, 15) is 0 Å². The predicted molar refractivity (Wildman–Crippen MR) is 58.1 cm³/mol. The Bertz CT molecular complexity index is 435. The van der Waals surface area contributed by atoms with E-state index in [-0.39, 0.29) is 0 Å². The maximum Gasteiger partial charge on any atom is 0.224 e. The van der Waals surface area contributed by atoms with Gasteiger partial charge in [0.2, 0.25) is 5.95 Å². The summed E-state index contributed by atoms with van der Waals surface area (Å²) in [6, 6.07) is 0. The highest BCUT2D eigenvalue weighted by atomic mass is 15.2. The number of nitrogens with zero attached hydrogens (tertiary/aromatic N) is 4. The number of aromatic nitrogens is 4. The lowest BCUT2D eigenvalue weighted by atomic mass is 10.3. The van der Waals surface area contributed by atoms with Gasteiger partial charge in [-0.1, -0.05) is 0 Å². The summed E-state index contributed by atoms with van der Waals surface area (Å²) in [4.78, 5) is 12.6. The lowest BCUT2D eigenvalue weighted by Crippen LogP contribution is -2.06. The lowest BCUT2D eigenvalue weighted by Gasteiger charge is -2.07. The molecule has 5 heteroatoms. The van der Waals surface area contributed by atoms with Gasteiger partial charge in [-0.25, -0.2) is 9.97 Å². The molecule has 0 unspecified atom stereocenters. The second-order valence-corrected chi connectivity index (χ2v) is 3.20. The van der Waals surface area contributed by atoms with Gasteiger partial charge in [0.05, 0.1) is 0 Å². The van der Waals surface area contributed by atoms with Crippen LogP contribution in [0.15, 0.2) is 24.9 Å². The third kappa shape index (κ3) is 1.96. The van der Waals surface area contributed by atoms with Gasteiger partial charge >= 0.3 is 0 Å². The highest BCUT2D eigenvalue weighted by Crippen LogP contribution is 2.11.